The second kappa shape index (κ2) is 5.29. The summed E-state index contributed by atoms with van der Waals surface area (Å²) < 4.78 is 14.7. The molecular weight excluding hydrogens is 293 g/mol. The number of nitrogens with one attached hydrogen (secondary N) is 1. The highest BCUT2D eigenvalue weighted by Crippen LogP contribution is 2.26. The monoisotopic (exact) mass is 305 g/mol. The fourth-order valence-corrected chi connectivity index (χ4v) is 2.52. The maximum absolute atomic E-state index is 13.1. The maximum Gasteiger partial charge on any atom is 0.254 e. The van der Waals surface area contributed by atoms with E-state index >= 15 is 0 Å². The minimum Gasteiger partial charge on any atom is -0.363 e. The minimum absolute atomic E-state index is 0.118. The third-order valence-corrected chi connectivity index (χ3v) is 3.50. The minimum atomic E-state index is -0.352. The molecule has 0 fully saturated rings. The second-order valence-corrected chi connectivity index (χ2v) is 5.19. The molecule has 3 aromatic rings. The highest BCUT2D eigenvalue weighted by Gasteiger charge is 2.13. The molecule has 0 aliphatic rings. The number of aryl methyl sites for hydroxylation is 1. The molecule has 0 radical (unpaired) electrons. The fourth-order valence-electron chi connectivity index (χ4n) is 2.19. The highest BCUT2D eigenvalue weighted by atomic mass is 35.5. The van der Waals surface area contributed by atoms with Gasteiger partial charge in [-0.1, -0.05) is 17.7 Å². The van der Waals surface area contributed by atoms with Gasteiger partial charge in [0.1, 0.15) is 18.0 Å². The Hall–Kier alpha value is -2.21. The maximum atomic E-state index is 13.1. The van der Waals surface area contributed by atoms with E-state index in [9.17, 15) is 4.39 Å². The Kier molecular flexibility index (Phi) is 3.47. The number of fused-ring (bicyclic) bond motifs is 1. The van der Waals surface area contributed by atoms with Gasteiger partial charge in [0.15, 0.2) is 0 Å². The molecule has 21 heavy (non-hydrogen) atoms. The van der Waals surface area contributed by atoms with Gasteiger partial charge in [-0.15, -0.1) is 0 Å². The van der Waals surface area contributed by atoms with Crippen molar-refractivity contribution in [3.63, 3.8) is 0 Å². The summed E-state index contributed by atoms with van der Waals surface area (Å²) in [6, 6.07) is 6.12. The van der Waals surface area contributed by atoms with Gasteiger partial charge in [-0.3, -0.25) is 0 Å². The Morgan fingerprint density at radius 2 is 2.14 bits per heavy atom. The van der Waals surface area contributed by atoms with Crippen molar-refractivity contribution in [1.29, 1.82) is 0 Å². The highest BCUT2D eigenvalue weighted by molar-refractivity contribution is 6.31. The average molecular weight is 306 g/mol. The number of hydrogen-bond donors (Lipinski definition) is 1. The van der Waals surface area contributed by atoms with E-state index in [0.717, 1.165) is 17.1 Å². The van der Waals surface area contributed by atoms with Crippen LogP contribution in [0.15, 0.2) is 30.6 Å². The van der Waals surface area contributed by atoms with Gasteiger partial charge < -0.3 is 5.32 Å². The van der Waals surface area contributed by atoms with Crippen molar-refractivity contribution in [2.24, 2.45) is 0 Å². The second-order valence-electron chi connectivity index (χ2n) is 4.79. The van der Waals surface area contributed by atoms with Gasteiger partial charge in [-0.05, 0) is 31.5 Å². The molecule has 0 bridgehead atoms. The van der Waals surface area contributed by atoms with Gasteiger partial charge in [0, 0.05) is 16.8 Å². The van der Waals surface area contributed by atoms with E-state index in [-0.39, 0.29) is 11.9 Å². The van der Waals surface area contributed by atoms with Crippen molar-refractivity contribution in [3.8, 4) is 0 Å². The number of hydrogen-bond acceptors (Lipinski definition) is 4. The molecule has 0 aliphatic carbocycles. The molecule has 2 aromatic heterocycles. The molecule has 7 heteroatoms. The Morgan fingerprint density at radius 3 is 2.90 bits per heavy atom. The van der Waals surface area contributed by atoms with Gasteiger partial charge in [-0.25, -0.2) is 9.37 Å². The molecule has 0 amide bonds. The van der Waals surface area contributed by atoms with Crippen LogP contribution in [-0.4, -0.2) is 19.6 Å². The predicted molar refractivity (Wildman–Crippen MR) is 79.0 cm³/mol. The zero-order valence-corrected chi connectivity index (χ0v) is 12.3. The van der Waals surface area contributed by atoms with Crippen molar-refractivity contribution in [2.45, 2.75) is 19.9 Å². The Bertz CT molecular complexity index is 801. The summed E-state index contributed by atoms with van der Waals surface area (Å²) in [6.45, 7) is 3.83. The largest absolute Gasteiger partial charge is 0.363 e. The first kappa shape index (κ1) is 13.8. The van der Waals surface area contributed by atoms with E-state index in [0.29, 0.717) is 10.8 Å². The molecule has 108 valence electrons. The van der Waals surface area contributed by atoms with Gasteiger partial charge >= 0.3 is 0 Å². The number of anilines is 1. The van der Waals surface area contributed by atoms with Crippen molar-refractivity contribution in [2.75, 3.05) is 5.32 Å². The standard InChI is InChI=1S/C14H13ClFN5/c1-8-5-13(21-14(19-8)17-7-18-21)20-9(2)11-4-3-10(16)6-12(11)15/h3-7,9,20H,1-2H3. The van der Waals surface area contributed by atoms with E-state index in [1.807, 2.05) is 19.9 Å². The SMILES string of the molecule is Cc1cc(NC(C)c2ccc(F)cc2Cl)n2ncnc2n1. The van der Waals surface area contributed by atoms with Crippen LogP contribution in [0.2, 0.25) is 5.02 Å². The Morgan fingerprint density at radius 1 is 1.33 bits per heavy atom. The van der Waals surface area contributed by atoms with Crippen molar-refractivity contribution in [3.05, 3.63) is 52.7 Å². The summed E-state index contributed by atoms with van der Waals surface area (Å²) >= 11 is 6.09. The van der Waals surface area contributed by atoms with Gasteiger partial charge in [0.05, 0.1) is 6.04 Å². The zero-order valence-electron chi connectivity index (χ0n) is 11.5. The van der Waals surface area contributed by atoms with Gasteiger partial charge in [0.25, 0.3) is 5.78 Å². The molecule has 1 N–H and O–H groups in total. The quantitative estimate of drug-likeness (QED) is 0.806. The Labute approximate surface area is 125 Å². The van der Waals surface area contributed by atoms with Crippen LogP contribution in [0, 0.1) is 12.7 Å². The van der Waals surface area contributed by atoms with E-state index < -0.39 is 0 Å². The lowest BCUT2D eigenvalue weighted by Crippen LogP contribution is -2.12. The van der Waals surface area contributed by atoms with E-state index in [1.54, 1.807) is 10.6 Å². The van der Waals surface area contributed by atoms with Crippen LogP contribution in [-0.2, 0) is 0 Å². The van der Waals surface area contributed by atoms with Gasteiger partial charge in [0.2, 0.25) is 0 Å². The molecule has 1 unspecified atom stereocenters. The first-order valence-electron chi connectivity index (χ1n) is 6.43. The number of aromatic nitrogens is 4. The molecule has 3 rings (SSSR count). The summed E-state index contributed by atoms with van der Waals surface area (Å²) in [6.07, 6.45) is 1.45. The van der Waals surface area contributed by atoms with E-state index in [2.05, 4.69) is 20.4 Å². The van der Waals surface area contributed by atoms with Crippen LogP contribution in [0.1, 0.15) is 24.2 Å². The third-order valence-electron chi connectivity index (χ3n) is 3.17. The van der Waals surface area contributed by atoms with Crippen molar-refractivity contribution >= 4 is 23.2 Å². The molecule has 1 aromatic carbocycles. The molecule has 2 heterocycles. The molecular formula is C14H13ClFN5. The topological polar surface area (TPSA) is 55.1 Å². The first-order valence-corrected chi connectivity index (χ1v) is 6.81. The summed E-state index contributed by atoms with van der Waals surface area (Å²) in [7, 11) is 0. The van der Waals surface area contributed by atoms with Crippen LogP contribution in [0.5, 0.6) is 0 Å². The summed E-state index contributed by atoms with van der Waals surface area (Å²) in [5.41, 5.74) is 1.64. The van der Waals surface area contributed by atoms with Crippen molar-refractivity contribution < 1.29 is 4.39 Å². The van der Waals surface area contributed by atoms with Crippen LogP contribution in [0.3, 0.4) is 0 Å². The lowest BCUT2D eigenvalue weighted by molar-refractivity contribution is 0.626. The lowest BCUT2D eigenvalue weighted by atomic mass is 10.1. The smallest absolute Gasteiger partial charge is 0.254 e. The zero-order chi connectivity index (χ0) is 15.0. The molecule has 1 atom stereocenters. The van der Waals surface area contributed by atoms with E-state index in [4.69, 9.17) is 11.6 Å². The third kappa shape index (κ3) is 2.67. The van der Waals surface area contributed by atoms with Crippen molar-refractivity contribution in [1.82, 2.24) is 19.6 Å². The predicted octanol–water partition coefficient (Wildman–Crippen LogP) is 3.40. The van der Waals surface area contributed by atoms with Gasteiger partial charge in [-0.2, -0.15) is 14.6 Å². The lowest BCUT2D eigenvalue weighted by Gasteiger charge is -2.17. The Balaban J connectivity index is 1.96. The molecule has 0 spiro atoms. The van der Waals surface area contributed by atoms with Crippen LogP contribution < -0.4 is 5.32 Å². The number of nitrogens with zero attached hydrogens (tertiary/aromatic N) is 4. The fraction of sp³-hybridized carbons (Fsp3) is 0.214. The summed E-state index contributed by atoms with van der Waals surface area (Å²) in [4.78, 5) is 8.35. The number of rotatable bonds is 3. The van der Waals surface area contributed by atoms with Crippen LogP contribution in [0.25, 0.3) is 5.78 Å². The average Bonchev–Trinajstić information content (AvgIpc) is 2.86. The van der Waals surface area contributed by atoms with E-state index in [1.165, 1.54) is 18.5 Å². The molecule has 5 nitrogen and oxygen atoms in total. The molecule has 0 aliphatic heterocycles. The summed E-state index contributed by atoms with van der Waals surface area (Å²) in [5, 5.41) is 7.82. The number of halogens is 2. The normalized spacial score (nSPS) is 12.6. The molecule has 0 saturated heterocycles. The number of benzene rings is 1. The van der Waals surface area contributed by atoms with Crippen LogP contribution >= 0.6 is 11.6 Å². The van der Waals surface area contributed by atoms with Crippen LogP contribution in [0.4, 0.5) is 10.2 Å². The molecule has 0 saturated carbocycles. The summed E-state index contributed by atoms with van der Waals surface area (Å²) in [5.74, 6) is 0.923. The first-order chi connectivity index (χ1) is 10.0.